The van der Waals surface area contributed by atoms with Crippen LogP contribution in [0.5, 0.6) is 0 Å². The van der Waals surface area contributed by atoms with Gasteiger partial charge in [0.15, 0.2) is 0 Å². The summed E-state index contributed by atoms with van der Waals surface area (Å²) in [5.74, 6) is -0.563. The van der Waals surface area contributed by atoms with Crippen LogP contribution in [0.4, 0.5) is 13.2 Å². The van der Waals surface area contributed by atoms with Gasteiger partial charge in [-0.3, -0.25) is 4.79 Å². The Hall–Kier alpha value is -3.53. The van der Waals surface area contributed by atoms with E-state index in [4.69, 9.17) is 5.73 Å². The fraction of sp³-hybridized carbons (Fsp3) is 0.0526. The molecule has 0 fully saturated rings. The number of carbonyl (C=O) groups is 1. The van der Waals surface area contributed by atoms with E-state index >= 15 is 0 Å². The maximum atomic E-state index is 12.9. The molecule has 0 aliphatic heterocycles. The summed E-state index contributed by atoms with van der Waals surface area (Å²) in [7, 11) is 0. The molecule has 1 heterocycles. The molecule has 0 spiro atoms. The summed E-state index contributed by atoms with van der Waals surface area (Å²) in [5, 5.41) is 9.34. The van der Waals surface area contributed by atoms with Crippen molar-refractivity contribution in [2.24, 2.45) is 5.73 Å². The van der Waals surface area contributed by atoms with Crippen molar-refractivity contribution in [2.45, 2.75) is 6.18 Å². The number of hydrogen-bond donors (Lipinski definition) is 1. The lowest BCUT2D eigenvalue weighted by Gasteiger charge is -2.08. The van der Waals surface area contributed by atoms with Crippen LogP contribution in [0.2, 0.25) is 0 Å². The van der Waals surface area contributed by atoms with E-state index in [1.165, 1.54) is 30.5 Å². The molecule has 2 aromatic carbocycles. The molecule has 0 bridgehead atoms. The van der Waals surface area contributed by atoms with Crippen LogP contribution in [0, 0.1) is 11.3 Å². The van der Waals surface area contributed by atoms with Crippen molar-refractivity contribution >= 4 is 5.91 Å². The SMILES string of the molecule is N#Cc1cn(-c2ccc(C(N)=O)cc2)cc1-c1cccc(C(F)(F)F)c1. The Bertz CT molecular complexity index is 1010. The topological polar surface area (TPSA) is 71.8 Å². The van der Waals surface area contributed by atoms with E-state index in [1.54, 1.807) is 22.9 Å². The third-order valence-electron chi connectivity index (χ3n) is 3.90. The van der Waals surface area contributed by atoms with Gasteiger partial charge in [-0.05, 0) is 42.0 Å². The third kappa shape index (κ3) is 3.30. The van der Waals surface area contributed by atoms with E-state index in [-0.39, 0.29) is 5.56 Å². The molecule has 3 rings (SSSR count). The fourth-order valence-corrected chi connectivity index (χ4v) is 2.58. The minimum absolute atomic E-state index is 0.239. The number of alkyl halides is 3. The molecule has 0 unspecified atom stereocenters. The number of halogens is 3. The number of nitriles is 1. The first kappa shape index (κ1) is 17.3. The molecule has 0 radical (unpaired) electrons. The molecule has 7 heteroatoms. The summed E-state index contributed by atoms with van der Waals surface area (Å²) in [5.41, 5.74) is 6.31. The summed E-state index contributed by atoms with van der Waals surface area (Å²) < 4.78 is 40.4. The van der Waals surface area contributed by atoms with Gasteiger partial charge in [-0.25, -0.2) is 0 Å². The minimum atomic E-state index is -4.46. The van der Waals surface area contributed by atoms with Gasteiger partial charge >= 0.3 is 6.18 Å². The Balaban J connectivity index is 2.05. The first-order valence-electron chi connectivity index (χ1n) is 7.49. The van der Waals surface area contributed by atoms with Crippen LogP contribution in [-0.2, 0) is 6.18 Å². The van der Waals surface area contributed by atoms with Crippen LogP contribution in [-0.4, -0.2) is 10.5 Å². The lowest BCUT2D eigenvalue weighted by molar-refractivity contribution is -0.137. The number of carbonyl (C=O) groups excluding carboxylic acids is 1. The Morgan fingerprint density at radius 3 is 2.35 bits per heavy atom. The first-order valence-corrected chi connectivity index (χ1v) is 7.49. The number of aromatic nitrogens is 1. The van der Waals surface area contributed by atoms with Gasteiger partial charge in [-0.15, -0.1) is 0 Å². The number of nitrogens with two attached hydrogens (primary N) is 1. The van der Waals surface area contributed by atoms with Crippen molar-refractivity contribution in [3.05, 3.63) is 77.6 Å². The summed E-state index contributed by atoms with van der Waals surface area (Å²) >= 11 is 0. The second kappa shape index (κ2) is 6.41. The Morgan fingerprint density at radius 2 is 1.77 bits per heavy atom. The van der Waals surface area contributed by atoms with Crippen LogP contribution >= 0.6 is 0 Å². The molecule has 130 valence electrons. The average molecular weight is 355 g/mol. The Labute approximate surface area is 146 Å². The van der Waals surface area contributed by atoms with Gasteiger partial charge in [0.1, 0.15) is 6.07 Å². The van der Waals surface area contributed by atoms with Gasteiger partial charge in [-0.1, -0.05) is 12.1 Å². The van der Waals surface area contributed by atoms with Gasteiger partial charge in [0.2, 0.25) is 5.91 Å². The molecule has 1 aromatic heterocycles. The molecule has 26 heavy (non-hydrogen) atoms. The highest BCUT2D eigenvalue weighted by atomic mass is 19.4. The molecule has 0 saturated heterocycles. The zero-order valence-corrected chi connectivity index (χ0v) is 13.3. The van der Waals surface area contributed by atoms with Crippen molar-refractivity contribution in [1.29, 1.82) is 5.26 Å². The molecule has 0 saturated carbocycles. The molecule has 2 N–H and O–H groups in total. The standard InChI is InChI=1S/C19H12F3N3O/c20-19(21,22)15-3-1-2-13(8-15)17-11-25(10-14(17)9-23)16-6-4-12(5-7-16)18(24)26/h1-8,10-11H,(H2,24,26). The van der Waals surface area contributed by atoms with Crippen LogP contribution in [0.3, 0.4) is 0 Å². The molecule has 0 aliphatic rings. The lowest BCUT2D eigenvalue weighted by Crippen LogP contribution is -2.10. The van der Waals surface area contributed by atoms with E-state index in [2.05, 4.69) is 0 Å². The molecule has 0 atom stereocenters. The van der Waals surface area contributed by atoms with Crippen molar-refractivity contribution in [2.75, 3.05) is 0 Å². The predicted octanol–water partition coefficient (Wildman–Crippen LogP) is 4.13. The lowest BCUT2D eigenvalue weighted by atomic mass is 10.0. The summed E-state index contributed by atoms with van der Waals surface area (Å²) in [6.07, 6.45) is -1.36. The van der Waals surface area contributed by atoms with Crippen LogP contribution in [0.1, 0.15) is 21.5 Å². The second-order valence-electron chi connectivity index (χ2n) is 5.59. The van der Waals surface area contributed by atoms with Crippen LogP contribution in [0.15, 0.2) is 60.9 Å². The maximum Gasteiger partial charge on any atom is 0.416 e. The van der Waals surface area contributed by atoms with Gasteiger partial charge in [0.25, 0.3) is 0 Å². The zero-order chi connectivity index (χ0) is 18.9. The van der Waals surface area contributed by atoms with Gasteiger partial charge in [0.05, 0.1) is 11.1 Å². The van der Waals surface area contributed by atoms with E-state index in [9.17, 15) is 23.2 Å². The summed E-state index contributed by atoms with van der Waals surface area (Å²) in [6, 6.07) is 13.2. The van der Waals surface area contributed by atoms with Crippen LogP contribution in [0.25, 0.3) is 16.8 Å². The summed E-state index contributed by atoms with van der Waals surface area (Å²) in [4.78, 5) is 11.1. The molecule has 3 aromatic rings. The number of hydrogen-bond acceptors (Lipinski definition) is 2. The smallest absolute Gasteiger partial charge is 0.366 e. The molecule has 1 amide bonds. The van der Waals surface area contributed by atoms with E-state index in [0.29, 0.717) is 22.4 Å². The van der Waals surface area contributed by atoms with Gasteiger partial charge in [0, 0.05) is 29.2 Å². The normalized spacial score (nSPS) is 11.2. The largest absolute Gasteiger partial charge is 0.416 e. The molecular formula is C19H12F3N3O. The predicted molar refractivity (Wildman–Crippen MR) is 89.4 cm³/mol. The highest BCUT2D eigenvalue weighted by Gasteiger charge is 2.30. The number of amides is 1. The number of nitrogens with zero attached hydrogens (tertiary/aromatic N) is 2. The first-order chi connectivity index (χ1) is 12.3. The van der Waals surface area contributed by atoms with Crippen molar-refractivity contribution in [1.82, 2.24) is 4.57 Å². The van der Waals surface area contributed by atoms with Crippen molar-refractivity contribution in [3.63, 3.8) is 0 Å². The molecule has 4 nitrogen and oxygen atoms in total. The van der Waals surface area contributed by atoms with Crippen molar-refractivity contribution < 1.29 is 18.0 Å². The number of primary amides is 1. The van der Waals surface area contributed by atoms with Gasteiger partial charge in [-0.2, -0.15) is 18.4 Å². The van der Waals surface area contributed by atoms with Crippen LogP contribution < -0.4 is 5.73 Å². The highest BCUT2D eigenvalue weighted by molar-refractivity contribution is 5.92. The minimum Gasteiger partial charge on any atom is -0.366 e. The third-order valence-corrected chi connectivity index (χ3v) is 3.90. The number of benzene rings is 2. The highest BCUT2D eigenvalue weighted by Crippen LogP contribution is 2.33. The molecular weight excluding hydrogens is 343 g/mol. The maximum absolute atomic E-state index is 12.9. The van der Waals surface area contributed by atoms with E-state index in [1.807, 2.05) is 6.07 Å². The quantitative estimate of drug-likeness (QED) is 0.767. The zero-order valence-electron chi connectivity index (χ0n) is 13.3. The van der Waals surface area contributed by atoms with E-state index in [0.717, 1.165) is 12.1 Å². The van der Waals surface area contributed by atoms with Gasteiger partial charge < -0.3 is 10.3 Å². The van der Waals surface area contributed by atoms with E-state index < -0.39 is 17.6 Å². The second-order valence-corrected chi connectivity index (χ2v) is 5.59. The number of rotatable bonds is 3. The Morgan fingerprint density at radius 1 is 1.08 bits per heavy atom. The monoisotopic (exact) mass is 355 g/mol. The Kier molecular flexibility index (Phi) is 4.26. The van der Waals surface area contributed by atoms with Crippen molar-refractivity contribution in [3.8, 4) is 22.9 Å². The average Bonchev–Trinajstić information content (AvgIpc) is 3.05. The summed E-state index contributed by atoms with van der Waals surface area (Å²) in [6.45, 7) is 0. The molecule has 0 aliphatic carbocycles. The fourth-order valence-electron chi connectivity index (χ4n) is 2.58.